The van der Waals surface area contributed by atoms with Crippen LogP contribution >= 0.6 is 0 Å². The van der Waals surface area contributed by atoms with Crippen molar-refractivity contribution in [3.05, 3.63) is 108 Å². The van der Waals surface area contributed by atoms with Crippen LogP contribution in [0.25, 0.3) is 0 Å². The van der Waals surface area contributed by atoms with E-state index in [1.165, 1.54) is 0 Å². The summed E-state index contributed by atoms with van der Waals surface area (Å²) >= 11 is 0. The molecule has 0 spiro atoms. The third kappa shape index (κ3) is 6.23. The zero-order valence-electron chi connectivity index (χ0n) is 17.5. The SMILES string of the molecule is N[C@@H]1OC[C@@H](OCc2ccccc2)[C@H](OCc2ccccc2)[C@H]1OCc1ccccc1. The van der Waals surface area contributed by atoms with Gasteiger partial charge in [-0.3, -0.25) is 0 Å². The number of benzene rings is 3. The van der Waals surface area contributed by atoms with Gasteiger partial charge in [0.1, 0.15) is 24.5 Å². The summed E-state index contributed by atoms with van der Waals surface area (Å²) in [5.74, 6) is 0. The molecule has 0 unspecified atom stereocenters. The van der Waals surface area contributed by atoms with Gasteiger partial charge >= 0.3 is 0 Å². The van der Waals surface area contributed by atoms with Crippen molar-refractivity contribution in [2.24, 2.45) is 5.73 Å². The zero-order chi connectivity index (χ0) is 21.3. The molecule has 0 aromatic heterocycles. The molecule has 0 saturated carbocycles. The molecule has 2 N–H and O–H groups in total. The van der Waals surface area contributed by atoms with E-state index in [0.29, 0.717) is 26.4 Å². The highest BCUT2D eigenvalue weighted by Gasteiger charge is 2.41. The van der Waals surface area contributed by atoms with Crippen LogP contribution < -0.4 is 5.73 Å². The molecule has 1 aliphatic heterocycles. The maximum Gasteiger partial charge on any atom is 0.134 e. The van der Waals surface area contributed by atoms with Crippen molar-refractivity contribution in [1.82, 2.24) is 0 Å². The Balaban J connectivity index is 1.46. The van der Waals surface area contributed by atoms with Gasteiger partial charge in [0.2, 0.25) is 0 Å². The van der Waals surface area contributed by atoms with Gasteiger partial charge in [-0.05, 0) is 16.7 Å². The van der Waals surface area contributed by atoms with Crippen LogP contribution in [0.15, 0.2) is 91.0 Å². The number of hydrogen-bond acceptors (Lipinski definition) is 5. The van der Waals surface area contributed by atoms with Gasteiger partial charge in [-0.1, -0.05) is 91.0 Å². The van der Waals surface area contributed by atoms with E-state index in [4.69, 9.17) is 24.7 Å². The molecule has 5 nitrogen and oxygen atoms in total. The van der Waals surface area contributed by atoms with E-state index in [0.717, 1.165) is 16.7 Å². The topological polar surface area (TPSA) is 62.9 Å². The maximum atomic E-state index is 6.33. The summed E-state index contributed by atoms with van der Waals surface area (Å²) in [5.41, 5.74) is 9.55. The molecule has 0 bridgehead atoms. The Kier molecular flexibility index (Phi) is 7.82. The molecule has 31 heavy (non-hydrogen) atoms. The van der Waals surface area contributed by atoms with Gasteiger partial charge in [0.15, 0.2) is 0 Å². The minimum Gasteiger partial charge on any atom is -0.368 e. The van der Waals surface area contributed by atoms with Crippen molar-refractivity contribution < 1.29 is 18.9 Å². The van der Waals surface area contributed by atoms with E-state index < -0.39 is 12.3 Å². The van der Waals surface area contributed by atoms with Crippen LogP contribution in [0.5, 0.6) is 0 Å². The molecule has 4 rings (SSSR count). The zero-order valence-corrected chi connectivity index (χ0v) is 17.5. The number of hydrogen-bond donors (Lipinski definition) is 1. The lowest BCUT2D eigenvalue weighted by Gasteiger charge is -2.40. The smallest absolute Gasteiger partial charge is 0.134 e. The molecule has 3 aromatic rings. The predicted octanol–water partition coefficient (Wildman–Crippen LogP) is 4.06. The summed E-state index contributed by atoms with van der Waals surface area (Å²) in [4.78, 5) is 0. The average Bonchev–Trinajstić information content (AvgIpc) is 2.83. The molecule has 162 valence electrons. The monoisotopic (exact) mass is 419 g/mol. The van der Waals surface area contributed by atoms with Crippen LogP contribution in [0.3, 0.4) is 0 Å². The molecule has 4 atom stereocenters. The van der Waals surface area contributed by atoms with Gasteiger partial charge in [-0.25, -0.2) is 0 Å². The summed E-state index contributed by atoms with van der Waals surface area (Å²) in [5, 5.41) is 0. The van der Waals surface area contributed by atoms with E-state index >= 15 is 0 Å². The molecule has 3 aromatic carbocycles. The summed E-state index contributed by atoms with van der Waals surface area (Å²) in [6, 6.07) is 30.2. The second-order valence-electron chi connectivity index (χ2n) is 7.66. The van der Waals surface area contributed by atoms with E-state index in [-0.39, 0.29) is 12.2 Å². The Morgan fingerprint density at radius 2 is 1.03 bits per heavy atom. The number of ether oxygens (including phenoxy) is 4. The highest BCUT2D eigenvalue weighted by Crippen LogP contribution is 2.24. The van der Waals surface area contributed by atoms with Crippen molar-refractivity contribution in [3.8, 4) is 0 Å². The molecule has 1 aliphatic rings. The van der Waals surface area contributed by atoms with Gasteiger partial charge in [0.25, 0.3) is 0 Å². The summed E-state index contributed by atoms with van der Waals surface area (Å²) in [6.45, 7) is 1.72. The largest absolute Gasteiger partial charge is 0.368 e. The Labute approximate surface area is 183 Å². The average molecular weight is 420 g/mol. The molecular formula is C26H29NO4. The Morgan fingerprint density at radius 1 is 0.613 bits per heavy atom. The molecule has 5 heteroatoms. The fourth-order valence-corrected chi connectivity index (χ4v) is 3.64. The van der Waals surface area contributed by atoms with Crippen molar-refractivity contribution in [2.75, 3.05) is 6.61 Å². The van der Waals surface area contributed by atoms with Gasteiger partial charge in [0.05, 0.1) is 26.4 Å². The minimum atomic E-state index is -0.582. The van der Waals surface area contributed by atoms with Crippen molar-refractivity contribution in [3.63, 3.8) is 0 Å². The van der Waals surface area contributed by atoms with Gasteiger partial charge in [-0.15, -0.1) is 0 Å². The molecular weight excluding hydrogens is 390 g/mol. The van der Waals surface area contributed by atoms with E-state index in [1.807, 2.05) is 91.0 Å². The fourth-order valence-electron chi connectivity index (χ4n) is 3.64. The van der Waals surface area contributed by atoms with Crippen LogP contribution in [0, 0.1) is 0 Å². The van der Waals surface area contributed by atoms with Crippen molar-refractivity contribution in [1.29, 1.82) is 0 Å². The van der Waals surface area contributed by atoms with Crippen molar-refractivity contribution in [2.45, 2.75) is 44.4 Å². The lowest BCUT2D eigenvalue weighted by Crippen LogP contribution is -2.58. The second kappa shape index (κ2) is 11.2. The van der Waals surface area contributed by atoms with Gasteiger partial charge in [-0.2, -0.15) is 0 Å². The highest BCUT2D eigenvalue weighted by atomic mass is 16.6. The Morgan fingerprint density at radius 3 is 1.52 bits per heavy atom. The summed E-state index contributed by atoms with van der Waals surface area (Å²) in [7, 11) is 0. The first-order chi connectivity index (χ1) is 15.3. The lowest BCUT2D eigenvalue weighted by molar-refractivity contribution is -0.237. The quantitative estimate of drug-likeness (QED) is 0.567. The van der Waals surface area contributed by atoms with Gasteiger partial charge in [0, 0.05) is 0 Å². The first-order valence-electron chi connectivity index (χ1n) is 10.6. The van der Waals surface area contributed by atoms with Crippen LogP contribution in [-0.4, -0.2) is 31.1 Å². The first kappa shape index (κ1) is 21.7. The van der Waals surface area contributed by atoms with E-state index in [9.17, 15) is 0 Å². The van der Waals surface area contributed by atoms with E-state index in [2.05, 4.69) is 0 Å². The van der Waals surface area contributed by atoms with E-state index in [1.54, 1.807) is 0 Å². The normalized spacial score (nSPS) is 23.5. The van der Waals surface area contributed by atoms with Crippen LogP contribution in [0.1, 0.15) is 16.7 Å². The third-order valence-corrected chi connectivity index (χ3v) is 5.34. The summed E-state index contributed by atoms with van der Waals surface area (Å²) < 4.78 is 24.6. The maximum absolute atomic E-state index is 6.33. The molecule has 0 radical (unpaired) electrons. The van der Waals surface area contributed by atoms with Crippen molar-refractivity contribution >= 4 is 0 Å². The molecule has 1 fully saturated rings. The lowest BCUT2D eigenvalue weighted by atomic mass is 10.0. The van der Waals surface area contributed by atoms with Crippen LogP contribution in [0.4, 0.5) is 0 Å². The van der Waals surface area contributed by atoms with Gasteiger partial charge < -0.3 is 24.7 Å². The number of nitrogens with two attached hydrogens (primary N) is 1. The second-order valence-corrected chi connectivity index (χ2v) is 7.66. The highest BCUT2D eigenvalue weighted by molar-refractivity contribution is 5.15. The minimum absolute atomic E-state index is 0.288. The van der Waals surface area contributed by atoms with Crippen LogP contribution in [-0.2, 0) is 38.8 Å². The standard InChI is InChI=1S/C26H29NO4/c27-26-25(30-18-22-14-8-3-9-15-22)24(29-17-21-12-6-2-7-13-21)23(19-31-26)28-16-20-10-4-1-5-11-20/h1-15,23-26H,16-19,27H2/t23-,24+,25-,26-/m1/s1. The molecule has 0 amide bonds. The molecule has 1 saturated heterocycles. The Hall–Kier alpha value is -2.54. The Bertz CT molecular complexity index is 891. The predicted molar refractivity (Wildman–Crippen MR) is 119 cm³/mol. The number of rotatable bonds is 9. The third-order valence-electron chi connectivity index (χ3n) is 5.34. The molecule has 0 aliphatic carbocycles. The molecule has 1 heterocycles. The first-order valence-corrected chi connectivity index (χ1v) is 10.6. The van der Waals surface area contributed by atoms with Crippen LogP contribution in [0.2, 0.25) is 0 Å². The summed E-state index contributed by atoms with van der Waals surface area (Å²) in [6.07, 6.45) is -1.67. The fraction of sp³-hybridized carbons (Fsp3) is 0.308.